The lowest BCUT2D eigenvalue weighted by molar-refractivity contribution is 0.472. The van der Waals surface area contributed by atoms with E-state index in [0.29, 0.717) is 6.54 Å². The van der Waals surface area contributed by atoms with Crippen LogP contribution in [0.4, 0.5) is 0 Å². The van der Waals surface area contributed by atoms with Gasteiger partial charge < -0.3 is 10.5 Å². The minimum Gasteiger partial charge on any atom is -0.457 e. The quantitative estimate of drug-likeness (QED) is 0.905. The van der Waals surface area contributed by atoms with Crippen LogP contribution in [0.5, 0.6) is 11.5 Å². The summed E-state index contributed by atoms with van der Waals surface area (Å²) in [7, 11) is 0. The fourth-order valence-electron chi connectivity index (χ4n) is 2.00. The first kappa shape index (κ1) is 13.9. The van der Waals surface area contributed by atoms with Gasteiger partial charge in [-0.15, -0.1) is 0 Å². The number of rotatable bonds is 4. The number of ether oxygens (including phenoxy) is 1. The molecule has 2 N–H and O–H groups in total. The molecule has 0 heterocycles. The van der Waals surface area contributed by atoms with Gasteiger partial charge in [-0.25, -0.2) is 0 Å². The molecule has 0 aliphatic rings. The van der Waals surface area contributed by atoms with Gasteiger partial charge in [0.05, 0.1) is 0 Å². The predicted molar refractivity (Wildman–Crippen MR) is 80.2 cm³/mol. The summed E-state index contributed by atoms with van der Waals surface area (Å²) in [6.45, 7) is 4.66. The Hall–Kier alpha value is -1.51. The second kappa shape index (κ2) is 6.09. The Morgan fingerprint density at radius 3 is 2.47 bits per heavy atom. The van der Waals surface area contributed by atoms with Crippen LogP contribution in [0, 0.1) is 13.8 Å². The molecule has 0 aliphatic carbocycles. The Bertz CT molecular complexity index is 581. The van der Waals surface area contributed by atoms with Crippen molar-refractivity contribution in [3.8, 4) is 11.5 Å². The van der Waals surface area contributed by atoms with Gasteiger partial charge in [-0.1, -0.05) is 29.3 Å². The van der Waals surface area contributed by atoms with Gasteiger partial charge in [-0.3, -0.25) is 0 Å². The first-order valence-electron chi connectivity index (χ1n) is 6.34. The fourth-order valence-corrected chi connectivity index (χ4v) is 2.23. The number of hydrogen-bond acceptors (Lipinski definition) is 2. The van der Waals surface area contributed by atoms with Crippen molar-refractivity contribution in [2.24, 2.45) is 5.73 Å². The van der Waals surface area contributed by atoms with Crippen molar-refractivity contribution in [1.29, 1.82) is 0 Å². The van der Waals surface area contributed by atoms with E-state index < -0.39 is 0 Å². The van der Waals surface area contributed by atoms with E-state index in [9.17, 15) is 0 Å². The van der Waals surface area contributed by atoms with Gasteiger partial charge in [0.1, 0.15) is 11.5 Å². The molecule has 100 valence electrons. The van der Waals surface area contributed by atoms with Gasteiger partial charge in [0, 0.05) is 5.02 Å². The van der Waals surface area contributed by atoms with E-state index in [1.165, 1.54) is 5.56 Å². The summed E-state index contributed by atoms with van der Waals surface area (Å²) in [6, 6.07) is 11.8. The Morgan fingerprint density at radius 2 is 1.79 bits per heavy atom. The lowest BCUT2D eigenvalue weighted by Crippen LogP contribution is -2.04. The first-order valence-corrected chi connectivity index (χ1v) is 6.71. The van der Waals surface area contributed by atoms with Gasteiger partial charge in [0.2, 0.25) is 0 Å². The number of benzene rings is 2. The van der Waals surface area contributed by atoms with Crippen molar-refractivity contribution in [3.63, 3.8) is 0 Å². The van der Waals surface area contributed by atoms with E-state index in [1.807, 2.05) is 37.3 Å². The molecule has 0 fully saturated rings. The monoisotopic (exact) mass is 275 g/mol. The van der Waals surface area contributed by atoms with Gasteiger partial charge in [0.15, 0.2) is 0 Å². The highest BCUT2D eigenvalue weighted by molar-refractivity contribution is 6.30. The van der Waals surface area contributed by atoms with E-state index in [4.69, 9.17) is 22.1 Å². The average molecular weight is 276 g/mol. The van der Waals surface area contributed by atoms with E-state index in [1.54, 1.807) is 0 Å². The number of aryl methyl sites for hydroxylation is 2. The molecule has 2 nitrogen and oxygen atoms in total. The summed E-state index contributed by atoms with van der Waals surface area (Å²) in [5.41, 5.74) is 9.02. The summed E-state index contributed by atoms with van der Waals surface area (Å²) in [4.78, 5) is 0. The summed E-state index contributed by atoms with van der Waals surface area (Å²) in [5.74, 6) is 1.69. The highest BCUT2D eigenvalue weighted by Crippen LogP contribution is 2.30. The lowest BCUT2D eigenvalue weighted by Gasteiger charge is -2.13. The van der Waals surface area contributed by atoms with Crippen molar-refractivity contribution in [3.05, 3.63) is 58.1 Å². The van der Waals surface area contributed by atoms with Crippen LogP contribution in [0.1, 0.15) is 16.7 Å². The standard InChI is InChI=1S/C16H18ClNO/c1-11-3-5-16(13(9-11)7-8-18)19-15-6-4-14(17)10-12(15)2/h3-6,9-10H,7-8,18H2,1-2H3. The third kappa shape index (κ3) is 3.49. The fraction of sp³-hybridized carbons (Fsp3) is 0.250. The molecule has 0 radical (unpaired) electrons. The summed E-state index contributed by atoms with van der Waals surface area (Å²) >= 11 is 5.95. The maximum absolute atomic E-state index is 5.99. The van der Waals surface area contributed by atoms with Crippen molar-refractivity contribution >= 4 is 11.6 Å². The molecule has 0 atom stereocenters. The minimum atomic E-state index is 0.611. The van der Waals surface area contributed by atoms with Gasteiger partial charge in [0.25, 0.3) is 0 Å². The Labute approximate surface area is 119 Å². The molecule has 2 aromatic carbocycles. The molecule has 2 aromatic rings. The molecule has 0 amide bonds. The summed E-state index contributed by atoms with van der Waals surface area (Å²) < 4.78 is 5.99. The van der Waals surface area contributed by atoms with E-state index >= 15 is 0 Å². The van der Waals surface area contributed by atoms with Gasteiger partial charge in [-0.05, 0) is 62.2 Å². The van der Waals surface area contributed by atoms with Crippen LogP contribution in [0.25, 0.3) is 0 Å². The van der Waals surface area contributed by atoms with Crippen LogP contribution in [0.15, 0.2) is 36.4 Å². The minimum absolute atomic E-state index is 0.611. The molecular formula is C16H18ClNO. The Kier molecular flexibility index (Phi) is 4.46. The molecule has 0 unspecified atom stereocenters. The summed E-state index contributed by atoms with van der Waals surface area (Å²) in [5, 5.41) is 0.718. The van der Waals surface area contributed by atoms with Gasteiger partial charge >= 0.3 is 0 Å². The van der Waals surface area contributed by atoms with Crippen LogP contribution in [-0.4, -0.2) is 6.54 Å². The van der Waals surface area contributed by atoms with Crippen LogP contribution in [0.2, 0.25) is 5.02 Å². The van der Waals surface area contributed by atoms with Crippen LogP contribution >= 0.6 is 11.6 Å². The third-order valence-electron chi connectivity index (χ3n) is 2.99. The highest BCUT2D eigenvalue weighted by Gasteiger charge is 2.07. The molecule has 0 spiro atoms. The molecule has 19 heavy (non-hydrogen) atoms. The van der Waals surface area contributed by atoms with E-state index in [0.717, 1.165) is 34.1 Å². The number of nitrogens with two attached hydrogens (primary N) is 1. The van der Waals surface area contributed by atoms with Gasteiger partial charge in [-0.2, -0.15) is 0 Å². The zero-order chi connectivity index (χ0) is 13.8. The maximum atomic E-state index is 5.99. The third-order valence-corrected chi connectivity index (χ3v) is 3.22. The second-order valence-corrected chi connectivity index (χ2v) is 5.10. The van der Waals surface area contributed by atoms with Crippen molar-refractivity contribution in [2.45, 2.75) is 20.3 Å². The molecule has 0 bridgehead atoms. The first-order chi connectivity index (χ1) is 9.10. The van der Waals surface area contributed by atoms with E-state index in [2.05, 4.69) is 13.0 Å². The largest absolute Gasteiger partial charge is 0.457 e. The molecule has 0 aromatic heterocycles. The SMILES string of the molecule is Cc1ccc(Oc2ccc(Cl)cc2C)c(CCN)c1. The smallest absolute Gasteiger partial charge is 0.130 e. The molecule has 3 heteroatoms. The number of halogens is 1. The Balaban J connectivity index is 2.32. The molecule has 0 saturated heterocycles. The average Bonchev–Trinajstić information content (AvgIpc) is 2.36. The normalized spacial score (nSPS) is 10.5. The molecule has 0 aliphatic heterocycles. The van der Waals surface area contributed by atoms with Crippen LogP contribution in [-0.2, 0) is 6.42 Å². The van der Waals surface area contributed by atoms with Crippen molar-refractivity contribution in [1.82, 2.24) is 0 Å². The highest BCUT2D eigenvalue weighted by atomic mass is 35.5. The topological polar surface area (TPSA) is 35.2 Å². The molecule has 2 rings (SSSR count). The Morgan fingerprint density at radius 1 is 1.05 bits per heavy atom. The number of hydrogen-bond donors (Lipinski definition) is 1. The van der Waals surface area contributed by atoms with E-state index in [-0.39, 0.29) is 0 Å². The second-order valence-electron chi connectivity index (χ2n) is 4.66. The predicted octanol–water partition coefficient (Wildman–Crippen LogP) is 4.25. The molecular weight excluding hydrogens is 258 g/mol. The maximum Gasteiger partial charge on any atom is 0.130 e. The van der Waals surface area contributed by atoms with Crippen LogP contribution < -0.4 is 10.5 Å². The lowest BCUT2D eigenvalue weighted by atomic mass is 10.1. The zero-order valence-corrected chi connectivity index (χ0v) is 12.0. The van der Waals surface area contributed by atoms with Crippen molar-refractivity contribution in [2.75, 3.05) is 6.54 Å². The van der Waals surface area contributed by atoms with Crippen LogP contribution in [0.3, 0.4) is 0 Å². The summed E-state index contributed by atoms with van der Waals surface area (Å²) in [6.07, 6.45) is 0.809. The molecule has 0 saturated carbocycles. The van der Waals surface area contributed by atoms with Crippen molar-refractivity contribution < 1.29 is 4.74 Å². The zero-order valence-electron chi connectivity index (χ0n) is 11.2.